The molecule has 1 aromatic carbocycles. The number of hydrogen-bond donors (Lipinski definition) is 2. The second-order valence-corrected chi connectivity index (χ2v) is 5.03. The van der Waals surface area contributed by atoms with Crippen molar-refractivity contribution >= 4 is 21.8 Å². The summed E-state index contributed by atoms with van der Waals surface area (Å²) >= 11 is 3.47. The van der Waals surface area contributed by atoms with Crippen molar-refractivity contribution in [3.8, 4) is 5.75 Å². The van der Waals surface area contributed by atoms with Gasteiger partial charge in [-0.3, -0.25) is 4.79 Å². The predicted molar refractivity (Wildman–Crippen MR) is 75.7 cm³/mol. The Hall–Kier alpha value is -1.07. The summed E-state index contributed by atoms with van der Waals surface area (Å²) in [6, 6.07) is 5.73. The number of amides is 1. The zero-order chi connectivity index (χ0) is 13.5. The van der Waals surface area contributed by atoms with Gasteiger partial charge in [0, 0.05) is 17.1 Å². The number of ether oxygens (including phenoxy) is 1. The molecule has 18 heavy (non-hydrogen) atoms. The molecule has 0 aliphatic rings. The molecular formula is C13H19BrN2O2. The molecule has 0 heterocycles. The highest BCUT2D eigenvalue weighted by Gasteiger charge is 2.06. The summed E-state index contributed by atoms with van der Waals surface area (Å²) in [4.78, 5) is 11.3. The maximum Gasteiger partial charge on any atom is 0.257 e. The number of nitrogens with one attached hydrogen (secondary N) is 1. The smallest absolute Gasteiger partial charge is 0.257 e. The molecule has 5 heteroatoms. The van der Waals surface area contributed by atoms with Crippen LogP contribution in [0.4, 0.5) is 0 Å². The Morgan fingerprint density at radius 2 is 2.28 bits per heavy atom. The summed E-state index contributed by atoms with van der Waals surface area (Å²) in [6.45, 7) is 4.47. The van der Waals surface area contributed by atoms with Crippen molar-refractivity contribution in [2.24, 2.45) is 5.73 Å². The number of hydrogen-bond acceptors (Lipinski definition) is 3. The third kappa shape index (κ3) is 5.06. The van der Waals surface area contributed by atoms with Crippen LogP contribution in [0.5, 0.6) is 5.75 Å². The fourth-order valence-electron chi connectivity index (χ4n) is 1.54. The first kappa shape index (κ1) is 15.0. The molecule has 1 amide bonds. The fraction of sp³-hybridized carbons (Fsp3) is 0.462. The van der Waals surface area contributed by atoms with E-state index >= 15 is 0 Å². The normalized spacial score (nSPS) is 12.0. The first-order valence-corrected chi connectivity index (χ1v) is 6.75. The number of rotatable bonds is 6. The van der Waals surface area contributed by atoms with Crippen LogP contribution in [0, 0.1) is 0 Å². The molecule has 4 nitrogen and oxygen atoms in total. The van der Waals surface area contributed by atoms with Crippen LogP contribution in [0.3, 0.4) is 0 Å². The number of nitrogens with two attached hydrogens (primary N) is 1. The Kier molecular flexibility index (Phi) is 6.15. The highest BCUT2D eigenvalue weighted by atomic mass is 79.9. The monoisotopic (exact) mass is 314 g/mol. The van der Waals surface area contributed by atoms with E-state index < -0.39 is 0 Å². The first-order chi connectivity index (χ1) is 8.52. The maximum atomic E-state index is 11.3. The van der Waals surface area contributed by atoms with E-state index in [1.807, 2.05) is 32.0 Å². The summed E-state index contributed by atoms with van der Waals surface area (Å²) in [7, 11) is 0. The lowest BCUT2D eigenvalue weighted by atomic mass is 10.1. The molecule has 1 aromatic rings. The molecule has 0 aliphatic carbocycles. The topological polar surface area (TPSA) is 64.3 Å². The summed E-state index contributed by atoms with van der Waals surface area (Å²) in [5, 5.41) is 2.68. The predicted octanol–water partition coefficient (Wildman–Crippen LogP) is 1.85. The summed E-state index contributed by atoms with van der Waals surface area (Å²) in [5.74, 6) is 0.564. The van der Waals surface area contributed by atoms with E-state index in [-0.39, 0.29) is 18.6 Å². The van der Waals surface area contributed by atoms with Crippen LogP contribution in [0.1, 0.15) is 19.4 Å². The lowest BCUT2D eigenvalue weighted by molar-refractivity contribution is -0.122. The van der Waals surface area contributed by atoms with Crippen molar-refractivity contribution in [1.29, 1.82) is 0 Å². The number of carbonyl (C=O) groups is 1. The Morgan fingerprint density at radius 1 is 1.56 bits per heavy atom. The first-order valence-electron chi connectivity index (χ1n) is 5.96. The van der Waals surface area contributed by atoms with E-state index in [4.69, 9.17) is 10.5 Å². The van der Waals surface area contributed by atoms with Crippen molar-refractivity contribution in [3.63, 3.8) is 0 Å². The van der Waals surface area contributed by atoms with Gasteiger partial charge in [-0.2, -0.15) is 0 Å². The molecule has 0 aliphatic heterocycles. The third-order valence-corrected chi connectivity index (χ3v) is 3.08. The molecule has 0 spiro atoms. The van der Waals surface area contributed by atoms with Gasteiger partial charge in [0.05, 0.1) is 0 Å². The molecule has 1 atom stereocenters. The number of benzene rings is 1. The van der Waals surface area contributed by atoms with Crippen LogP contribution in [-0.2, 0) is 11.2 Å². The van der Waals surface area contributed by atoms with Gasteiger partial charge in [-0.05, 0) is 44.0 Å². The lowest BCUT2D eigenvalue weighted by Crippen LogP contribution is -2.28. The van der Waals surface area contributed by atoms with Crippen LogP contribution in [0.15, 0.2) is 22.7 Å². The summed E-state index contributed by atoms with van der Waals surface area (Å²) in [6.07, 6.45) is 0.763. The van der Waals surface area contributed by atoms with Crippen molar-refractivity contribution in [3.05, 3.63) is 28.2 Å². The minimum absolute atomic E-state index is 0.0348. The zero-order valence-electron chi connectivity index (χ0n) is 10.7. The van der Waals surface area contributed by atoms with Crippen LogP contribution < -0.4 is 15.8 Å². The molecule has 0 fully saturated rings. The SMILES string of the molecule is CCNC(=O)COc1ccc(Br)c(CC(C)N)c1. The average molecular weight is 315 g/mol. The van der Waals surface area contributed by atoms with E-state index in [9.17, 15) is 4.79 Å². The van der Waals surface area contributed by atoms with Gasteiger partial charge >= 0.3 is 0 Å². The quantitative estimate of drug-likeness (QED) is 0.842. The zero-order valence-corrected chi connectivity index (χ0v) is 12.3. The van der Waals surface area contributed by atoms with Gasteiger partial charge in [-0.25, -0.2) is 0 Å². The molecule has 0 aromatic heterocycles. The number of carbonyl (C=O) groups excluding carboxylic acids is 1. The van der Waals surface area contributed by atoms with E-state index in [2.05, 4.69) is 21.2 Å². The number of likely N-dealkylation sites (N-methyl/N-ethyl adjacent to an activating group) is 1. The summed E-state index contributed by atoms with van der Waals surface area (Å²) < 4.78 is 6.43. The standard InChI is InChI=1S/C13H19BrN2O2/c1-3-16-13(17)8-18-11-4-5-12(14)10(7-11)6-9(2)15/h4-5,7,9H,3,6,8,15H2,1-2H3,(H,16,17). The van der Waals surface area contributed by atoms with E-state index in [0.29, 0.717) is 12.3 Å². The lowest BCUT2D eigenvalue weighted by Gasteiger charge is -2.11. The van der Waals surface area contributed by atoms with Crippen molar-refractivity contribution in [2.75, 3.05) is 13.2 Å². The van der Waals surface area contributed by atoms with Crippen molar-refractivity contribution in [2.45, 2.75) is 26.3 Å². The van der Waals surface area contributed by atoms with E-state index in [0.717, 1.165) is 16.5 Å². The molecule has 0 saturated carbocycles. The maximum absolute atomic E-state index is 11.3. The highest BCUT2D eigenvalue weighted by molar-refractivity contribution is 9.10. The molecule has 1 unspecified atom stereocenters. The molecule has 0 radical (unpaired) electrons. The molecular weight excluding hydrogens is 296 g/mol. The second kappa shape index (κ2) is 7.38. The van der Waals surface area contributed by atoms with Gasteiger partial charge in [-0.15, -0.1) is 0 Å². The van der Waals surface area contributed by atoms with Gasteiger partial charge in [0.1, 0.15) is 5.75 Å². The van der Waals surface area contributed by atoms with Crippen molar-refractivity contribution in [1.82, 2.24) is 5.32 Å². The van der Waals surface area contributed by atoms with E-state index in [1.165, 1.54) is 0 Å². The number of halogens is 1. The summed E-state index contributed by atoms with van der Waals surface area (Å²) in [5.41, 5.74) is 6.86. The molecule has 0 bridgehead atoms. The highest BCUT2D eigenvalue weighted by Crippen LogP contribution is 2.23. The largest absolute Gasteiger partial charge is 0.484 e. The van der Waals surface area contributed by atoms with Gasteiger partial charge in [-0.1, -0.05) is 15.9 Å². The molecule has 100 valence electrons. The van der Waals surface area contributed by atoms with Gasteiger partial charge in [0.25, 0.3) is 5.91 Å². The fourth-order valence-corrected chi connectivity index (χ4v) is 1.95. The Morgan fingerprint density at radius 3 is 2.89 bits per heavy atom. The van der Waals surface area contributed by atoms with Crippen LogP contribution in [0.25, 0.3) is 0 Å². The van der Waals surface area contributed by atoms with Crippen LogP contribution in [0.2, 0.25) is 0 Å². The van der Waals surface area contributed by atoms with Crippen LogP contribution in [-0.4, -0.2) is 25.1 Å². The minimum Gasteiger partial charge on any atom is -0.484 e. The second-order valence-electron chi connectivity index (χ2n) is 4.18. The van der Waals surface area contributed by atoms with Gasteiger partial charge in [0.15, 0.2) is 6.61 Å². The Labute approximate surface area is 116 Å². The van der Waals surface area contributed by atoms with Crippen LogP contribution >= 0.6 is 15.9 Å². The molecule has 0 saturated heterocycles. The minimum atomic E-state index is -0.117. The third-order valence-electron chi connectivity index (χ3n) is 2.30. The van der Waals surface area contributed by atoms with Crippen molar-refractivity contribution < 1.29 is 9.53 Å². The molecule has 3 N–H and O–H groups in total. The van der Waals surface area contributed by atoms with E-state index in [1.54, 1.807) is 0 Å². The average Bonchev–Trinajstić information content (AvgIpc) is 2.30. The Balaban J connectivity index is 2.64. The van der Waals surface area contributed by atoms with Gasteiger partial charge in [0.2, 0.25) is 0 Å². The Bertz CT molecular complexity index is 408. The molecule has 1 rings (SSSR count). The van der Waals surface area contributed by atoms with Gasteiger partial charge < -0.3 is 15.8 Å².